The number of guanidine groups is 1. The van der Waals surface area contributed by atoms with Crippen LogP contribution in [0.2, 0.25) is 0 Å². The van der Waals surface area contributed by atoms with Crippen LogP contribution in [0.25, 0.3) is 22.2 Å². The van der Waals surface area contributed by atoms with Crippen LogP contribution >= 0.6 is 15.9 Å². The maximum Gasteiger partial charge on any atom is 0.229 e. The summed E-state index contributed by atoms with van der Waals surface area (Å²) in [6.45, 7) is 9.34. The average molecular weight is 682 g/mol. The van der Waals surface area contributed by atoms with Gasteiger partial charge in [-0.15, -0.1) is 0 Å². The lowest BCUT2D eigenvalue weighted by Crippen LogP contribution is -2.25. The van der Waals surface area contributed by atoms with Gasteiger partial charge < -0.3 is 20.3 Å². The predicted octanol–water partition coefficient (Wildman–Crippen LogP) is 4.96. The predicted molar refractivity (Wildman–Crippen MR) is 181 cm³/mol. The molecule has 5 rings (SSSR count). The van der Waals surface area contributed by atoms with E-state index in [2.05, 4.69) is 69.9 Å². The SMILES string of the molecule is C=N/C(=N\C(Nc1ccc2nccnc2c1NS(C)(=O)=O)=C(/C)Br)Nc1cc2c(cc1OC)N(CC)CCc1c-2cnn1C. The molecule has 230 valence electrons. The number of rotatable bonds is 8. The Morgan fingerprint density at radius 2 is 1.93 bits per heavy atom. The highest BCUT2D eigenvalue weighted by Gasteiger charge is 2.24. The van der Waals surface area contributed by atoms with Gasteiger partial charge in [-0.05, 0) is 38.8 Å². The Morgan fingerprint density at radius 1 is 1.16 bits per heavy atom. The average Bonchev–Trinajstić information content (AvgIpc) is 3.28. The van der Waals surface area contributed by atoms with Crippen LogP contribution < -0.4 is 25.0 Å². The second kappa shape index (κ2) is 12.6. The zero-order chi connectivity index (χ0) is 31.6. The van der Waals surface area contributed by atoms with Gasteiger partial charge in [-0.1, -0.05) is 15.9 Å². The number of hydrogen-bond acceptors (Lipinski definition) is 9. The summed E-state index contributed by atoms with van der Waals surface area (Å²) in [5.74, 6) is 1.13. The molecule has 0 bridgehead atoms. The molecule has 2 aromatic carbocycles. The molecule has 3 N–H and O–H groups in total. The molecule has 1 aliphatic heterocycles. The first-order valence-electron chi connectivity index (χ1n) is 13.7. The van der Waals surface area contributed by atoms with Crippen molar-refractivity contribution in [1.29, 1.82) is 0 Å². The Hall–Kier alpha value is -4.50. The van der Waals surface area contributed by atoms with E-state index in [1.165, 1.54) is 12.4 Å². The van der Waals surface area contributed by atoms with Crippen LogP contribution in [0.1, 0.15) is 19.5 Å². The first kappa shape index (κ1) is 30.9. The van der Waals surface area contributed by atoms with Gasteiger partial charge in [0.15, 0.2) is 0 Å². The van der Waals surface area contributed by atoms with Gasteiger partial charge in [-0.2, -0.15) is 10.1 Å². The van der Waals surface area contributed by atoms with E-state index in [4.69, 9.17) is 9.73 Å². The van der Waals surface area contributed by atoms with Crippen LogP contribution in [0.4, 0.5) is 22.7 Å². The van der Waals surface area contributed by atoms with Crippen LogP contribution in [0.5, 0.6) is 5.75 Å². The van der Waals surface area contributed by atoms with Crippen molar-refractivity contribution in [1.82, 2.24) is 19.7 Å². The minimum absolute atomic E-state index is 0.176. The third kappa shape index (κ3) is 6.38. The number of nitrogens with zero attached hydrogens (tertiary/aromatic N) is 7. The van der Waals surface area contributed by atoms with Crippen molar-refractivity contribution in [3.05, 3.63) is 58.9 Å². The number of hydrogen-bond donors (Lipinski definition) is 3. The van der Waals surface area contributed by atoms with Gasteiger partial charge in [0.25, 0.3) is 0 Å². The Bertz CT molecular complexity index is 1920. The standard InChI is InChI=1S/C29H33BrN10O3S/c1-7-40-13-10-23-19(16-34-39(23)4)18-14-22(25(43-5)15-24(18)40)36-29(31-3)37-28(17(2)30)35-21-9-8-20-26(33-12-11-32-20)27(21)38-44(6,41)42/h8-9,11-12,14-16,35,38H,3,7,10,13H2,1-2,4-6H3,(H,36,37)/b28-17+. The zero-order valence-corrected chi connectivity index (χ0v) is 27.4. The van der Waals surface area contributed by atoms with E-state index >= 15 is 0 Å². The summed E-state index contributed by atoms with van der Waals surface area (Å²) >= 11 is 3.51. The van der Waals surface area contributed by atoms with E-state index in [-0.39, 0.29) is 11.6 Å². The third-order valence-electron chi connectivity index (χ3n) is 7.13. The lowest BCUT2D eigenvalue weighted by atomic mass is 10.0. The fourth-order valence-corrected chi connectivity index (χ4v) is 5.83. The van der Waals surface area contributed by atoms with Gasteiger partial charge in [0.2, 0.25) is 16.0 Å². The van der Waals surface area contributed by atoms with Gasteiger partial charge in [-0.25, -0.2) is 13.4 Å². The van der Waals surface area contributed by atoms with Crippen LogP contribution in [0.15, 0.2) is 63.1 Å². The van der Waals surface area contributed by atoms with Gasteiger partial charge in [-0.3, -0.25) is 19.4 Å². The zero-order valence-electron chi connectivity index (χ0n) is 25.0. The number of aromatic nitrogens is 4. The normalized spacial score (nSPS) is 13.9. The molecule has 44 heavy (non-hydrogen) atoms. The summed E-state index contributed by atoms with van der Waals surface area (Å²) in [6.07, 6.45) is 6.86. The minimum Gasteiger partial charge on any atom is -0.494 e. The number of sulfonamides is 1. The summed E-state index contributed by atoms with van der Waals surface area (Å²) in [6, 6.07) is 7.46. The number of ether oxygens (including phenoxy) is 1. The largest absolute Gasteiger partial charge is 0.494 e. The molecule has 15 heteroatoms. The monoisotopic (exact) mass is 680 g/mol. The summed E-state index contributed by atoms with van der Waals surface area (Å²) < 4.78 is 35.4. The van der Waals surface area contributed by atoms with E-state index in [1.54, 1.807) is 26.2 Å². The molecule has 0 amide bonds. The van der Waals surface area contributed by atoms with Crippen molar-refractivity contribution in [2.75, 3.05) is 46.7 Å². The van der Waals surface area contributed by atoms with Gasteiger partial charge in [0, 0.05) is 72.0 Å². The number of anilines is 4. The molecule has 0 fully saturated rings. The van der Waals surface area contributed by atoms with E-state index < -0.39 is 10.0 Å². The van der Waals surface area contributed by atoms with Crippen LogP contribution in [0.3, 0.4) is 0 Å². The molecule has 0 spiro atoms. The number of aryl methyl sites for hydroxylation is 1. The third-order valence-corrected chi connectivity index (χ3v) is 8.08. The van der Waals surface area contributed by atoms with Gasteiger partial charge in [0.1, 0.15) is 17.1 Å². The van der Waals surface area contributed by atoms with Crippen molar-refractivity contribution >= 4 is 72.4 Å². The molecule has 0 radical (unpaired) electrons. The minimum atomic E-state index is -3.64. The van der Waals surface area contributed by atoms with E-state index in [0.29, 0.717) is 38.5 Å². The van der Waals surface area contributed by atoms with Crippen LogP contribution in [0, 0.1) is 0 Å². The molecule has 13 nitrogen and oxygen atoms in total. The summed E-state index contributed by atoms with van der Waals surface area (Å²) in [4.78, 5) is 19.8. The van der Waals surface area contributed by atoms with Gasteiger partial charge in [0.05, 0.1) is 42.1 Å². The molecule has 4 aromatic rings. The first-order valence-corrected chi connectivity index (χ1v) is 16.4. The number of nitrogens with one attached hydrogen (secondary N) is 3. The Balaban J connectivity index is 1.55. The van der Waals surface area contributed by atoms with Crippen LogP contribution in [-0.2, 0) is 23.5 Å². The van der Waals surface area contributed by atoms with Crippen molar-refractivity contribution < 1.29 is 13.2 Å². The Kier molecular flexibility index (Phi) is 8.87. The maximum absolute atomic E-state index is 12.3. The highest BCUT2D eigenvalue weighted by atomic mass is 79.9. The number of aliphatic imine (C=N–C) groups is 2. The molecule has 0 aliphatic carbocycles. The van der Waals surface area contributed by atoms with E-state index in [0.717, 1.165) is 48.3 Å². The number of fused-ring (bicyclic) bond motifs is 4. The molecule has 2 aromatic heterocycles. The highest BCUT2D eigenvalue weighted by molar-refractivity contribution is 9.11. The van der Waals surface area contributed by atoms with Crippen molar-refractivity contribution in [2.45, 2.75) is 20.3 Å². The molecular formula is C29H33BrN10O3S. The first-order chi connectivity index (χ1) is 21.0. The number of allylic oxidation sites excluding steroid dienone is 1. The number of benzene rings is 2. The highest BCUT2D eigenvalue weighted by Crippen LogP contribution is 2.42. The van der Waals surface area contributed by atoms with Crippen molar-refractivity contribution in [3.63, 3.8) is 0 Å². The number of methoxy groups -OCH3 is 1. The molecule has 3 heterocycles. The number of likely N-dealkylation sites (N-methyl/N-ethyl adjacent to an activating group) is 1. The molecule has 0 saturated heterocycles. The quantitative estimate of drug-likeness (QED) is 0.173. The smallest absolute Gasteiger partial charge is 0.229 e. The number of halogens is 1. The molecule has 0 unspecified atom stereocenters. The molecule has 0 saturated carbocycles. The summed E-state index contributed by atoms with van der Waals surface area (Å²) in [5.41, 5.74) is 6.46. The summed E-state index contributed by atoms with van der Waals surface area (Å²) in [5, 5.41) is 11.0. The molecular weight excluding hydrogens is 648 g/mol. The fourth-order valence-electron chi connectivity index (χ4n) is 5.06. The van der Waals surface area contributed by atoms with E-state index in [9.17, 15) is 8.42 Å². The fraction of sp³-hybridized carbons (Fsp3) is 0.276. The van der Waals surface area contributed by atoms with Crippen molar-refractivity contribution in [3.8, 4) is 16.9 Å². The topological polar surface area (TPSA) is 151 Å². The van der Waals surface area contributed by atoms with Crippen LogP contribution in [-0.4, -0.2) is 67.3 Å². The second-order valence-corrected chi connectivity index (χ2v) is 13.0. The molecule has 0 atom stereocenters. The lowest BCUT2D eigenvalue weighted by molar-refractivity contribution is 0.417. The molecule has 1 aliphatic rings. The second-order valence-electron chi connectivity index (χ2n) is 10.0. The van der Waals surface area contributed by atoms with Crippen molar-refractivity contribution in [2.24, 2.45) is 17.0 Å². The Labute approximate surface area is 264 Å². The van der Waals surface area contributed by atoms with Gasteiger partial charge >= 0.3 is 0 Å². The summed E-state index contributed by atoms with van der Waals surface area (Å²) in [7, 11) is -0.0757. The van der Waals surface area contributed by atoms with E-state index in [1.807, 2.05) is 30.1 Å². The maximum atomic E-state index is 12.3. The Morgan fingerprint density at radius 3 is 2.61 bits per heavy atom. The lowest BCUT2D eigenvalue weighted by Gasteiger charge is -2.25.